The molecule has 0 radical (unpaired) electrons. The van der Waals surface area contributed by atoms with E-state index in [1.165, 1.54) is 17.2 Å². The monoisotopic (exact) mass is 484 g/mol. The molecule has 1 fully saturated rings. The van der Waals surface area contributed by atoms with Crippen molar-refractivity contribution in [2.45, 2.75) is 76.9 Å². The van der Waals surface area contributed by atoms with Gasteiger partial charge in [0.15, 0.2) is 0 Å². The van der Waals surface area contributed by atoms with Gasteiger partial charge in [-0.1, -0.05) is 12.1 Å². The van der Waals surface area contributed by atoms with E-state index in [9.17, 15) is 18.0 Å². The van der Waals surface area contributed by atoms with Gasteiger partial charge in [0.25, 0.3) is 5.56 Å². The van der Waals surface area contributed by atoms with Crippen molar-refractivity contribution in [1.82, 2.24) is 9.88 Å². The molecule has 0 spiro atoms. The normalized spacial score (nSPS) is 19.7. The number of fused-ring (bicyclic) bond motifs is 2. The predicted octanol–water partition coefficient (Wildman–Crippen LogP) is 5.60. The third-order valence-corrected chi connectivity index (χ3v) is 7.25. The Bertz CT molecular complexity index is 1310. The van der Waals surface area contributed by atoms with E-state index in [1.54, 1.807) is 10.6 Å². The Morgan fingerprint density at radius 1 is 1.11 bits per heavy atom. The number of halogens is 3. The van der Waals surface area contributed by atoms with Gasteiger partial charge in [-0.05, 0) is 98.4 Å². The van der Waals surface area contributed by atoms with E-state index in [4.69, 9.17) is 4.74 Å². The summed E-state index contributed by atoms with van der Waals surface area (Å²) in [5.41, 5.74) is 3.33. The molecule has 5 rings (SSSR count). The Hall–Kier alpha value is -2.64. The summed E-state index contributed by atoms with van der Waals surface area (Å²) >= 11 is 0. The van der Waals surface area contributed by atoms with E-state index >= 15 is 0 Å². The van der Waals surface area contributed by atoms with E-state index in [0.717, 1.165) is 55.1 Å². The summed E-state index contributed by atoms with van der Waals surface area (Å²) in [6.45, 7) is 5.32. The number of hydrogen-bond acceptors (Lipinski definition) is 3. The second kappa shape index (κ2) is 9.10. The third kappa shape index (κ3) is 5.16. The first-order valence-electron chi connectivity index (χ1n) is 12.3. The lowest BCUT2D eigenvalue weighted by Gasteiger charge is -2.36. The number of benzene rings is 2. The van der Waals surface area contributed by atoms with E-state index in [1.807, 2.05) is 6.07 Å². The maximum absolute atomic E-state index is 13.6. The van der Waals surface area contributed by atoms with Crippen molar-refractivity contribution in [3.8, 4) is 0 Å². The van der Waals surface area contributed by atoms with Crippen LogP contribution in [0.15, 0.2) is 47.3 Å². The Balaban J connectivity index is 1.52. The zero-order valence-electron chi connectivity index (χ0n) is 20.2. The number of aromatic nitrogens is 1. The van der Waals surface area contributed by atoms with E-state index in [2.05, 4.69) is 31.3 Å². The molecule has 1 aliphatic carbocycles. The van der Waals surface area contributed by atoms with Gasteiger partial charge in [-0.3, -0.25) is 4.79 Å². The zero-order valence-corrected chi connectivity index (χ0v) is 20.2. The SMILES string of the molecule is CC1(C)C[C@H](NCc2cc3cc4c(cc3n(Cc3cccc(C(F)(F)F)c3)c2=O)CCC4)CCO1. The average Bonchev–Trinajstić information content (AvgIpc) is 3.25. The van der Waals surface area contributed by atoms with Crippen LogP contribution in [-0.2, 0) is 36.8 Å². The molecule has 0 saturated carbocycles. The van der Waals surface area contributed by atoms with Crippen LogP contribution in [-0.4, -0.2) is 22.8 Å². The fourth-order valence-electron chi connectivity index (χ4n) is 5.48. The minimum atomic E-state index is -4.42. The molecule has 2 aromatic carbocycles. The first kappa shape index (κ1) is 24.1. The Kier molecular flexibility index (Phi) is 6.26. The Labute approximate surface area is 203 Å². The third-order valence-electron chi connectivity index (χ3n) is 7.25. The lowest BCUT2D eigenvalue weighted by Crippen LogP contribution is -2.44. The topological polar surface area (TPSA) is 43.3 Å². The molecule has 1 N–H and O–H groups in total. The van der Waals surface area contributed by atoms with Gasteiger partial charge in [-0.25, -0.2) is 0 Å². The molecule has 0 amide bonds. The highest BCUT2D eigenvalue weighted by atomic mass is 19.4. The number of ether oxygens (including phenoxy) is 1. The van der Waals surface area contributed by atoms with Gasteiger partial charge < -0.3 is 14.6 Å². The number of aryl methyl sites for hydroxylation is 2. The largest absolute Gasteiger partial charge is 0.416 e. The van der Waals surface area contributed by atoms with Crippen LogP contribution in [0.25, 0.3) is 10.9 Å². The van der Waals surface area contributed by atoms with Crippen molar-refractivity contribution in [3.63, 3.8) is 0 Å². The van der Waals surface area contributed by atoms with Crippen molar-refractivity contribution < 1.29 is 17.9 Å². The zero-order chi connectivity index (χ0) is 24.8. The molecule has 0 bridgehead atoms. The fraction of sp³-hybridized carbons (Fsp3) is 0.464. The van der Waals surface area contributed by atoms with Gasteiger partial charge in [-0.15, -0.1) is 0 Å². The van der Waals surface area contributed by atoms with E-state index < -0.39 is 11.7 Å². The fourth-order valence-corrected chi connectivity index (χ4v) is 5.48. The Morgan fingerprint density at radius 3 is 2.63 bits per heavy atom. The molecule has 1 saturated heterocycles. The number of rotatable bonds is 5. The van der Waals surface area contributed by atoms with Crippen molar-refractivity contribution in [3.05, 3.63) is 80.6 Å². The summed E-state index contributed by atoms with van der Waals surface area (Å²) in [5, 5.41) is 4.49. The van der Waals surface area contributed by atoms with Crippen molar-refractivity contribution >= 4 is 10.9 Å². The number of pyridine rings is 1. The first-order valence-corrected chi connectivity index (χ1v) is 12.3. The minimum absolute atomic E-state index is 0.0934. The molecular weight excluding hydrogens is 453 g/mol. The molecule has 0 unspecified atom stereocenters. The average molecular weight is 485 g/mol. The second-order valence-corrected chi connectivity index (χ2v) is 10.5. The van der Waals surface area contributed by atoms with Gasteiger partial charge in [0.05, 0.1) is 23.2 Å². The van der Waals surface area contributed by atoms with Crippen LogP contribution in [0.3, 0.4) is 0 Å². The second-order valence-electron chi connectivity index (χ2n) is 10.5. The molecule has 2 aliphatic rings. The summed E-state index contributed by atoms with van der Waals surface area (Å²) in [6.07, 6.45) is 0.370. The van der Waals surface area contributed by atoms with Crippen molar-refractivity contribution in [2.75, 3.05) is 6.61 Å². The summed E-state index contributed by atoms with van der Waals surface area (Å²) in [6, 6.07) is 11.7. The Morgan fingerprint density at radius 2 is 1.89 bits per heavy atom. The van der Waals surface area contributed by atoms with Gasteiger partial charge in [-0.2, -0.15) is 13.2 Å². The molecule has 1 atom stereocenters. The summed E-state index contributed by atoms with van der Waals surface area (Å²) in [4.78, 5) is 13.6. The van der Waals surface area contributed by atoms with Crippen LogP contribution in [0.2, 0.25) is 0 Å². The molecule has 35 heavy (non-hydrogen) atoms. The smallest absolute Gasteiger partial charge is 0.375 e. The van der Waals surface area contributed by atoms with E-state index in [-0.39, 0.29) is 23.7 Å². The molecule has 1 aliphatic heterocycles. The summed E-state index contributed by atoms with van der Waals surface area (Å²) < 4.78 is 47.3. The van der Waals surface area contributed by atoms with Gasteiger partial charge >= 0.3 is 6.18 Å². The first-order chi connectivity index (χ1) is 16.6. The van der Waals surface area contributed by atoms with Crippen molar-refractivity contribution in [2.24, 2.45) is 0 Å². The lowest BCUT2D eigenvalue weighted by molar-refractivity contribution is -0.137. The molecule has 1 aromatic heterocycles. The van der Waals surface area contributed by atoms with Crippen LogP contribution in [0.5, 0.6) is 0 Å². The molecule has 2 heterocycles. The molecular formula is C28H31F3N2O2. The highest BCUT2D eigenvalue weighted by Crippen LogP contribution is 2.31. The van der Waals surface area contributed by atoms with Gasteiger partial charge in [0, 0.05) is 24.8 Å². The molecule has 7 heteroatoms. The maximum Gasteiger partial charge on any atom is 0.416 e. The van der Waals surface area contributed by atoms with Crippen LogP contribution in [0.1, 0.15) is 60.9 Å². The van der Waals surface area contributed by atoms with E-state index in [0.29, 0.717) is 24.3 Å². The summed E-state index contributed by atoms with van der Waals surface area (Å²) in [5.74, 6) is 0. The minimum Gasteiger partial charge on any atom is -0.375 e. The summed E-state index contributed by atoms with van der Waals surface area (Å²) in [7, 11) is 0. The molecule has 186 valence electrons. The lowest BCUT2D eigenvalue weighted by atomic mass is 9.94. The number of hydrogen-bond donors (Lipinski definition) is 1. The van der Waals surface area contributed by atoms with Crippen LogP contribution >= 0.6 is 0 Å². The quantitative estimate of drug-likeness (QED) is 0.512. The number of nitrogens with zero attached hydrogens (tertiary/aromatic N) is 1. The number of nitrogens with one attached hydrogen (secondary N) is 1. The van der Waals surface area contributed by atoms with Gasteiger partial charge in [0.2, 0.25) is 0 Å². The van der Waals surface area contributed by atoms with Crippen molar-refractivity contribution in [1.29, 1.82) is 0 Å². The molecule has 3 aromatic rings. The van der Waals surface area contributed by atoms with Crippen LogP contribution in [0, 0.1) is 0 Å². The predicted molar refractivity (Wildman–Crippen MR) is 131 cm³/mol. The highest BCUT2D eigenvalue weighted by molar-refractivity contribution is 5.82. The maximum atomic E-state index is 13.6. The van der Waals surface area contributed by atoms with Crippen LogP contribution < -0.4 is 10.9 Å². The van der Waals surface area contributed by atoms with Crippen LogP contribution in [0.4, 0.5) is 13.2 Å². The van der Waals surface area contributed by atoms with Gasteiger partial charge in [0.1, 0.15) is 0 Å². The standard InChI is InChI=1S/C28H31F3N2O2/c1-27(2)15-24(9-10-35-27)32-16-22-13-21-12-19-6-4-7-20(19)14-25(21)33(26(22)34)17-18-5-3-8-23(11-18)28(29,30)31/h3,5,8,11-14,24,32H,4,6-7,9-10,15-17H2,1-2H3/t24-/m1/s1. The molecule has 4 nitrogen and oxygen atoms in total. The number of alkyl halides is 3. The highest BCUT2D eigenvalue weighted by Gasteiger charge is 2.31.